The van der Waals surface area contributed by atoms with Gasteiger partial charge in [0, 0.05) is 32.4 Å². The minimum Gasteiger partial charge on any atom is -0.390 e. The maximum Gasteiger partial charge on any atom is 0.256 e. The number of aromatic nitrogens is 2. The molecule has 0 aliphatic carbocycles. The van der Waals surface area contributed by atoms with Crippen LogP contribution >= 0.6 is 0 Å². The molecule has 1 aromatic rings. The normalized spacial score (nSPS) is 12.2. The highest BCUT2D eigenvalue weighted by Crippen LogP contribution is 2.09. The molecule has 0 aromatic carbocycles. The van der Waals surface area contributed by atoms with E-state index >= 15 is 0 Å². The van der Waals surface area contributed by atoms with Crippen LogP contribution in [0, 0.1) is 5.92 Å². The van der Waals surface area contributed by atoms with Crippen molar-refractivity contribution in [1.29, 1.82) is 0 Å². The third-order valence-electron chi connectivity index (χ3n) is 2.23. The van der Waals surface area contributed by atoms with Gasteiger partial charge in [0.25, 0.3) is 11.9 Å². The molecule has 0 aliphatic heterocycles. The number of nitrogens with two attached hydrogens (primary N) is 1. The summed E-state index contributed by atoms with van der Waals surface area (Å²) < 4.78 is 0. The number of amidine groups is 1. The summed E-state index contributed by atoms with van der Waals surface area (Å²) in [7, 11) is 3.34. The quantitative estimate of drug-likeness (QED) is 0.645. The maximum atomic E-state index is 11.7. The SMILES string of the molecule is CC(C)/C(N=CN)=N\c1ncc(C(=O)N(C)C)cn1. The molecule has 0 aliphatic rings. The minimum atomic E-state index is -0.153. The van der Waals surface area contributed by atoms with Crippen molar-refractivity contribution in [1.82, 2.24) is 14.9 Å². The lowest BCUT2D eigenvalue weighted by Crippen LogP contribution is -2.21. The van der Waals surface area contributed by atoms with Gasteiger partial charge in [-0.25, -0.2) is 15.0 Å². The molecule has 7 heteroatoms. The zero-order valence-electron chi connectivity index (χ0n) is 11.5. The van der Waals surface area contributed by atoms with Gasteiger partial charge in [0.1, 0.15) is 5.84 Å². The van der Waals surface area contributed by atoms with E-state index in [9.17, 15) is 4.79 Å². The van der Waals surface area contributed by atoms with E-state index in [0.717, 1.165) is 0 Å². The van der Waals surface area contributed by atoms with Gasteiger partial charge in [-0.15, -0.1) is 0 Å². The molecule has 2 N–H and O–H groups in total. The first kappa shape index (κ1) is 14.7. The number of carbonyl (C=O) groups is 1. The Kier molecular flexibility index (Phi) is 5.11. The Morgan fingerprint density at radius 1 is 1.37 bits per heavy atom. The van der Waals surface area contributed by atoms with Crippen LogP contribution in [0.1, 0.15) is 24.2 Å². The Morgan fingerprint density at radius 2 is 1.95 bits per heavy atom. The first-order valence-corrected chi connectivity index (χ1v) is 5.82. The van der Waals surface area contributed by atoms with Crippen molar-refractivity contribution in [3.63, 3.8) is 0 Å². The minimum absolute atomic E-state index is 0.103. The molecule has 0 atom stereocenters. The second-order valence-electron chi connectivity index (χ2n) is 4.37. The first-order chi connectivity index (χ1) is 8.95. The molecule has 0 saturated carbocycles. The fourth-order valence-corrected chi connectivity index (χ4v) is 1.23. The average Bonchev–Trinajstić information content (AvgIpc) is 2.38. The number of aliphatic imine (C=N–C) groups is 2. The fourth-order valence-electron chi connectivity index (χ4n) is 1.23. The molecule has 1 heterocycles. The number of hydrogen-bond donors (Lipinski definition) is 1. The molecule has 0 bridgehead atoms. The first-order valence-electron chi connectivity index (χ1n) is 5.82. The van der Waals surface area contributed by atoms with Crippen LogP contribution < -0.4 is 5.73 Å². The third-order valence-corrected chi connectivity index (χ3v) is 2.23. The molecule has 0 spiro atoms. The highest BCUT2D eigenvalue weighted by molar-refractivity contribution is 5.93. The highest BCUT2D eigenvalue weighted by Gasteiger charge is 2.09. The van der Waals surface area contributed by atoms with Gasteiger partial charge >= 0.3 is 0 Å². The zero-order valence-corrected chi connectivity index (χ0v) is 11.5. The monoisotopic (exact) mass is 262 g/mol. The summed E-state index contributed by atoms with van der Waals surface area (Å²) in [5, 5.41) is 0. The number of carbonyl (C=O) groups excluding carboxylic acids is 1. The smallest absolute Gasteiger partial charge is 0.256 e. The molecule has 1 aromatic heterocycles. The summed E-state index contributed by atoms with van der Waals surface area (Å²) in [4.78, 5) is 29.3. The van der Waals surface area contributed by atoms with Gasteiger partial charge in [-0.05, 0) is 0 Å². The molecule has 0 radical (unpaired) electrons. The average molecular weight is 262 g/mol. The Balaban J connectivity index is 2.99. The van der Waals surface area contributed by atoms with Crippen LogP contribution in [0.5, 0.6) is 0 Å². The lowest BCUT2D eigenvalue weighted by molar-refractivity contribution is 0.0827. The number of nitrogens with zero attached hydrogens (tertiary/aromatic N) is 5. The summed E-state index contributed by atoms with van der Waals surface area (Å²) in [6.07, 6.45) is 4.07. The predicted molar refractivity (Wildman–Crippen MR) is 74.7 cm³/mol. The van der Waals surface area contributed by atoms with Gasteiger partial charge in [0.05, 0.1) is 11.9 Å². The second kappa shape index (κ2) is 6.58. The predicted octanol–water partition coefficient (Wildman–Crippen LogP) is 0.851. The zero-order chi connectivity index (χ0) is 14.4. The van der Waals surface area contributed by atoms with Crippen LogP contribution in [0.25, 0.3) is 0 Å². The molecule has 0 saturated heterocycles. The van der Waals surface area contributed by atoms with Crippen molar-refractivity contribution in [3.05, 3.63) is 18.0 Å². The van der Waals surface area contributed by atoms with Gasteiger partial charge in [0.2, 0.25) is 0 Å². The largest absolute Gasteiger partial charge is 0.390 e. The van der Waals surface area contributed by atoms with Crippen molar-refractivity contribution in [2.75, 3.05) is 14.1 Å². The molecule has 7 nitrogen and oxygen atoms in total. The lowest BCUT2D eigenvalue weighted by Gasteiger charge is -2.09. The van der Waals surface area contributed by atoms with Gasteiger partial charge in [-0.1, -0.05) is 13.8 Å². The third kappa shape index (κ3) is 4.13. The molecule has 0 unspecified atom stereocenters. The topological polar surface area (TPSA) is 96.8 Å². The number of amides is 1. The Bertz CT molecular complexity index is 489. The Labute approximate surface area is 112 Å². The lowest BCUT2D eigenvalue weighted by atomic mass is 10.2. The van der Waals surface area contributed by atoms with E-state index in [1.165, 1.54) is 23.6 Å². The fraction of sp³-hybridized carbons (Fsp3) is 0.417. The van der Waals surface area contributed by atoms with E-state index in [-0.39, 0.29) is 17.8 Å². The van der Waals surface area contributed by atoms with Gasteiger partial charge in [-0.3, -0.25) is 4.79 Å². The van der Waals surface area contributed by atoms with Crippen molar-refractivity contribution >= 4 is 24.0 Å². The second-order valence-corrected chi connectivity index (χ2v) is 4.37. The Morgan fingerprint density at radius 3 is 2.37 bits per heavy atom. The van der Waals surface area contributed by atoms with E-state index in [1.807, 2.05) is 13.8 Å². The molecular weight excluding hydrogens is 244 g/mol. The summed E-state index contributed by atoms with van der Waals surface area (Å²) in [5.41, 5.74) is 5.67. The van der Waals surface area contributed by atoms with E-state index < -0.39 is 0 Å². The summed E-state index contributed by atoms with van der Waals surface area (Å²) in [6, 6.07) is 0. The Hall–Kier alpha value is -2.31. The number of hydrogen-bond acceptors (Lipinski definition) is 4. The van der Waals surface area contributed by atoms with Crippen molar-refractivity contribution in [3.8, 4) is 0 Å². The summed E-state index contributed by atoms with van der Waals surface area (Å²) >= 11 is 0. The standard InChI is InChI=1S/C12H18N6O/c1-8(2)10(16-7-13)17-12-14-5-9(6-15-12)11(19)18(3)4/h5-8H,1-4H3,(H2,13,14,15,16,17). The van der Waals surface area contributed by atoms with Crippen LogP contribution in [-0.2, 0) is 0 Å². The van der Waals surface area contributed by atoms with E-state index in [4.69, 9.17) is 5.73 Å². The van der Waals surface area contributed by atoms with Crippen LogP contribution in [0.15, 0.2) is 22.4 Å². The molecule has 19 heavy (non-hydrogen) atoms. The molecule has 1 amide bonds. The number of rotatable bonds is 3. The maximum absolute atomic E-state index is 11.7. The van der Waals surface area contributed by atoms with Crippen LogP contribution in [0.3, 0.4) is 0 Å². The molecule has 102 valence electrons. The van der Waals surface area contributed by atoms with E-state index in [2.05, 4.69) is 20.0 Å². The van der Waals surface area contributed by atoms with E-state index in [0.29, 0.717) is 11.4 Å². The molecule has 0 fully saturated rings. The van der Waals surface area contributed by atoms with Crippen molar-refractivity contribution in [2.45, 2.75) is 13.8 Å². The van der Waals surface area contributed by atoms with Crippen molar-refractivity contribution < 1.29 is 4.79 Å². The molecule has 1 rings (SSSR count). The van der Waals surface area contributed by atoms with Crippen LogP contribution in [0.2, 0.25) is 0 Å². The summed E-state index contributed by atoms with van der Waals surface area (Å²) in [6.45, 7) is 3.88. The highest BCUT2D eigenvalue weighted by atomic mass is 16.2. The van der Waals surface area contributed by atoms with Crippen LogP contribution in [-0.4, -0.2) is 47.0 Å². The van der Waals surface area contributed by atoms with Crippen molar-refractivity contribution in [2.24, 2.45) is 21.6 Å². The summed E-state index contributed by atoms with van der Waals surface area (Å²) in [5.74, 6) is 0.741. The van der Waals surface area contributed by atoms with Gasteiger partial charge < -0.3 is 10.6 Å². The van der Waals surface area contributed by atoms with Gasteiger partial charge in [-0.2, -0.15) is 4.99 Å². The van der Waals surface area contributed by atoms with Crippen LogP contribution in [0.4, 0.5) is 5.95 Å². The molecular formula is C12H18N6O. The van der Waals surface area contributed by atoms with Gasteiger partial charge in [0.15, 0.2) is 0 Å². The van der Waals surface area contributed by atoms with E-state index in [1.54, 1.807) is 14.1 Å².